The van der Waals surface area contributed by atoms with Crippen molar-refractivity contribution < 1.29 is 14.3 Å². The van der Waals surface area contributed by atoms with Gasteiger partial charge in [0.2, 0.25) is 0 Å². The van der Waals surface area contributed by atoms with Crippen LogP contribution in [0.5, 0.6) is 0 Å². The summed E-state index contributed by atoms with van der Waals surface area (Å²) < 4.78 is 4.69. The van der Waals surface area contributed by atoms with Crippen LogP contribution in [-0.2, 0) is 14.3 Å². The van der Waals surface area contributed by atoms with E-state index in [2.05, 4.69) is 4.74 Å². The molecule has 5 nitrogen and oxygen atoms in total. The summed E-state index contributed by atoms with van der Waals surface area (Å²) in [5.41, 5.74) is 5.20. The van der Waals surface area contributed by atoms with E-state index in [1.54, 1.807) is 0 Å². The highest BCUT2D eigenvalue weighted by Gasteiger charge is 2.25. The van der Waals surface area contributed by atoms with Gasteiger partial charge >= 0.3 is 0 Å². The maximum absolute atomic E-state index is 10.9. The first-order valence-electron chi connectivity index (χ1n) is 3.36. The Hall–Kier alpha value is -0.650. The zero-order chi connectivity index (χ0) is 8.27. The van der Waals surface area contributed by atoms with E-state index in [0.717, 1.165) is 4.90 Å². The standard InChI is InChI=1S/C6H10N2O3.ClH/c7-1-2-8-5(9)3-11-4-6(8)10;/h1-4,7H2;1H. The molecule has 1 aliphatic heterocycles. The van der Waals surface area contributed by atoms with Gasteiger partial charge in [-0.3, -0.25) is 14.5 Å². The molecule has 2 N–H and O–H groups in total. The summed E-state index contributed by atoms with van der Waals surface area (Å²) in [4.78, 5) is 23.0. The van der Waals surface area contributed by atoms with Gasteiger partial charge in [0.15, 0.2) is 0 Å². The molecule has 2 amide bonds. The summed E-state index contributed by atoms with van der Waals surface area (Å²) in [6.07, 6.45) is 0. The summed E-state index contributed by atoms with van der Waals surface area (Å²) in [7, 11) is 0. The Balaban J connectivity index is 0.00000121. The zero-order valence-corrected chi connectivity index (χ0v) is 7.30. The number of imide groups is 1. The fourth-order valence-corrected chi connectivity index (χ4v) is 0.899. The summed E-state index contributed by atoms with van der Waals surface area (Å²) in [6, 6.07) is 0. The Morgan fingerprint density at radius 2 is 1.83 bits per heavy atom. The van der Waals surface area contributed by atoms with Crippen LogP contribution in [0.25, 0.3) is 0 Å². The van der Waals surface area contributed by atoms with Gasteiger partial charge in [0.25, 0.3) is 11.8 Å². The average Bonchev–Trinajstić information content (AvgIpc) is 1.97. The monoisotopic (exact) mass is 194 g/mol. The van der Waals surface area contributed by atoms with Crippen molar-refractivity contribution in [2.24, 2.45) is 5.73 Å². The molecule has 0 spiro atoms. The molecule has 0 aromatic rings. The van der Waals surface area contributed by atoms with Crippen molar-refractivity contribution in [2.45, 2.75) is 0 Å². The van der Waals surface area contributed by atoms with Crippen molar-refractivity contribution in [3.05, 3.63) is 0 Å². The molecule has 0 radical (unpaired) electrons. The highest BCUT2D eigenvalue weighted by atomic mass is 35.5. The van der Waals surface area contributed by atoms with Gasteiger partial charge in [0.05, 0.1) is 0 Å². The number of nitrogens with zero attached hydrogens (tertiary/aromatic N) is 1. The van der Waals surface area contributed by atoms with Crippen LogP contribution < -0.4 is 5.73 Å². The van der Waals surface area contributed by atoms with E-state index in [0.29, 0.717) is 13.1 Å². The Bertz CT molecular complexity index is 170. The van der Waals surface area contributed by atoms with E-state index in [9.17, 15) is 9.59 Å². The molecule has 0 atom stereocenters. The lowest BCUT2D eigenvalue weighted by atomic mass is 10.4. The first-order chi connectivity index (χ1) is 5.25. The van der Waals surface area contributed by atoms with Gasteiger partial charge in [-0.05, 0) is 0 Å². The molecule has 12 heavy (non-hydrogen) atoms. The third-order valence-corrected chi connectivity index (χ3v) is 1.41. The fraction of sp³-hybridized carbons (Fsp3) is 0.667. The zero-order valence-electron chi connectivity index (χ0n) is 6.49. The molecule has 1 saturated heterocycles. The van der Waals surface area contributed by atoms with Gasteiger partial charge in [0.1, 0.15) is 13.2 Å². The Morgan fingerprint density at radius 1 is 1.33 bits per heavy atom. The third-order valence-electron chi connectivity index (χ3n) is 1.41. The minimum Gasteiger partial charge on any atom is -0.362 e. The maximum Gasteiger partial charge on any atom is 0.255 e. The van der Waals surface area contributed by atoms with Gasteiger partial charge in [-0.25, -0.2) is 0 Å². The van der Waals surface area contributed by atoms with Crippen molar-refractivity contribution in [1.82, 2.24) is 4.90 Å². The quantitative estimate of drug-likeness (QED) is 0.558. The van der Waals surface area contributed by atoms with Crippen LogP contribution in [0.3, 0.4) is 0 Å². The van der Waals surface area contributed by atoms with Crippen molar-refractivity contribution in [1.29, 1.82) is 0 Å². The van der Waals surface area contributed by atoms with Crippen LogP contribution in [0.15, 0.2) is 0 Å². The van der Waals surface area contributed by atoms with E-state index in [4.69, 9.17) is 5.73 Å². The smallest absolute Gasteiger partial charge is 0.255 e. The highest BCUT2D eigenvalue weighted by Crippen LogP contribution is 1.98. The number of amides is 2. The van der Waals surface area contributed by atoms with Crippen LogP contribution in [0.1, 0.15) is 0 Å². The van der Waals surface area contributed by atoms with Crippen LogP contribution >= 0.6 is 12.4 Å². The Morgan fingerprint density at radius 3 is 2.25 bits per heavy atom. The normalized spacial score (nSPS) is 17.6. The number of carbonyl (C=O) groups is 2. The van der Waals surface area contributed by atoms with Crippen LogP contribution in [0.4, 0.5) is 0 Å². The van der Waals surface area contributed by atoms with E-state index >= 15 is 0 Å². The van der Waals surface area contributed by atoms with Crippen LogP contribution in [-0.4, -0.2) is 43.0 Å². The summed E-state index contributed by atoms with van der Waals surface area (Å²) in [5, 5.41) is 0. The molecule has 1 rings (SSSR count). The number of nitrogens with two attached hydrogens (primary N) is 1. The van der Waals surface area contributed by atoms with E-state index in [-0.39, 0.29) is 37.4 Å². The second kappa shape index (κ2) is 5.08. The molecule has 0 unspecified atom stereocenters. The van der Waals surface area contributed by atoms with Gasteiger partial charge < -0.3 is 10.5 Å². The molecular formula is C6H11ClN2O3. The molecule has 0 aliphatic carbocycles. The number of hydrogen-bond acceptors (Lipinski definition) is 4. The van der Waals surface area contributed by atoms with E-state index < -0.39 is 0 Å². The molecule has 0 bridgehead atoms. The predicted octanol–water partition coefficient (Wildman–Crippen LogP) is -1.25. The van der Waals surface area contributed by atoms with Crippen molar-refractivity contribution in [3.8, 4) is 0 Å². The van der Waals surface area contributed by atoms with Crippen LogP contribution in [0, 0.1) is 0 Å². The third kappa shape index (κ3) is 2.44. The Labute approximate surface area is 76.2 Å². The number of morpholine rings is 1. The molecule has 1 heterocycles. The van der Waals surface area contributed by atoms with Crippen LogP contribution in [0.2, 0.25) is 0 Å². The average molecular weight is 195 g/mol. The maximum atomic E-state index is 10.9. The lowest BCUT2D eigenvalue weighted by molar-refractivity contribution is -0.158. The molecule has 0 aromatic carbocycles. The lowest BCUT2D eigenvalue weighted by Gasteiger charge is -2.23. The van der Waals surface area contributed by atoms with Crippen molar-refractivity contribution in [3.63, 3.8) is 0 Å². The number of halogens is 1. The summed E-state index contributed by atoms with van der Waals surface area (Å²) in [6.45, 7) is 0.579. The fourth-order valence-electron chi connectivity index (χ4n) is 0.899. The first kappa shape index (κ1) is 11.4. The lowest BCUT2D eigenvalue weighted by Crippen LogP contribution is -2.48. The second-order valence-electron chi connectivity index (χ2n) is 2.22. The largest absolute Gasteiger partial charge is 0.362 e. The minimum absolute atomic E-state index is 0. The molecule has 1 aliphatic rings. The highest BCUT2D eigenvalue weighted by molar-refractivity contribution is 5.98. The van der Waals surface area contributed by atoms with E-state index in [1.165, 1.54) is 0 Å². The number of hydrogen-bond donors (Lipinski definition) is 1. The SMILES string of the molecule is Cl.NCCN1C(=O)COCC1=O. The summed E-state index contributed by atoms with van der Waals surface area (Å²) in [5.74, 6) is -0.599. The van der Waals surface area contributed by atoms with Crippen molar-refractivity contribution >= 4 is 24.2 Å². The predicted molar refractivity (Wildman–Crippen MR) is 43.8 cm³/mol. The molecular weight excluding hydrogens is 184 g/mol. The van der Waals surface area contributed by atoms with E-state index in [1.807, 2.05) is 0 Å². The summed E-state index contributed by atoms with van der Waals surface area (Å²) >= 11 is 0. The van der Waals surface area contributed by atoms with Crippen molar-refractivity contribution in [2.75, 3.05) is 26.3 Å². The van der Waals surface area contributed by atoms with Gasteiger partial charge in [-0.15, -0.1) is 12.4 Å². The number of rotatable bonds is 2. The molecule has 6 heteroatoms. The molecule has 1 fully saturated rings. The number of ether oxygens (including phenoxy) is 1. The molecule has 70 valence electrons. The molecule has 0 aromatic heterocycles. The molecule has 0 saturated carbocycles. The Kier molecular flexibility index (Phi) is 4.80. The second-order valence-corrected chi connectivity index (χ2v) is 2.22. The topological polar surface area (TPSA) is 72.6 Å². The minimum atomic E-state index is -0.299. The number of carbonyl (C=O) groups excluding carboxylic acids is 2. The van der Waals surface area contributed by atoms with Gasteiger partial charge in [-0.2, -0.15) is 0 Å². The first-order valence-corrected chi connectivity index (χ1v) is 3.36. The van der Waals surface area contributed by atoms with Gasteiger partial charge in [0, 0.05) is 13.1 Å². The van der Waals surface area contributed by atoms with Gasteiger partial charge in [-0.1, -0.05) is 0 Å².